The molecule has 4 rings (SSSR count). The fourth-order valence-corrected chi connectivity index (χ4v) is 2.54. The lowest BCUT2D eigenvalue weighted by atomic mass is 10.3. The maximum absolute atomic E-state index is 5.76. The zero-order chi connectivity index (χ0) is 12.7. The van der Waals surface area contributed by atoms with E-state index in [9.17, 15) is 0 Å². The topological polar surface area (TPSA) is 47.1 Å². The van der Waals surface area contributed by atoms with E-state index >= 15 is 0 Å². The largest absolute Gasteiger partial charge is 0.439 e. The van der Waals surface area contributed by atoms with Gasteiger partial charge in [0.2, 0.25) is 5.89 Å². The summed E-state index contributed by atoms with van der Waals surface area (Å²) < 4.78 is 7.96. The number of hydrogen-bond acceptors (Lipinski definition) is 4. The van der Waals surface area contributed by atoms with Gasteiger partial charge in [0.05, 0.1) is 13.1 Å². The molecule has 1 aliphatic rings. The molecule has 0 unspecified atom stereocenters. The second-order valence-electron chi connectivity index (χ2n) is 4.82. The van der Waals surface area contributed by atoms with Gasteiger partial charge < -0.3 is 8.98 Å². The molecule has 5 nitrogen and oxygen atoms in total. The molecule has 0 radical (unpaired) electrons. The number of oxazole rings is 1. The van der Waals surface area contributed by atoms with Crippen molar-refractivity contribution in [1.29, 1.82) is 0 Å². The Hall–Kier alpha value is -2.14. The van der Waals surface area contributed by atoms with E-state index in [4.69, 9.17) is 4.42 Å². The van der Waals surface area contributed by atoms with Crippen LogP contribution in [0.15, 0.2) is 41.1 Å². The molecule has 0 amide bonds. The van der Waals surface area contributed by atoms with Crippen LogP contribution in [0.4, 0.5) is 0 Å². The number of hydrogen-bond donors (Lipinski definition) is 0. The summed E-state index contributed by atoms with van der Waals surface area (Å²) in [5.41, 5.74) is 1.78. The van der Waals surface area contributed by atoms with Gasteiger partial charge in [-0.25, -0.2) is 9.97 Å². The van der Waals surface area contributed by atoms with Crippen LogP contribution in [0.3, 0.4) is 0 Å². The average Bonchev–Trinajstić information content (AvgIpc) is 3.03. The van der Waals surface area contributed by atoms with Gasteiger partial charge in [-0.2, -0.15) is 0 Å². The Morgan fingerprint density at radius 3 is 3.11 bits per heavy atom. The third kappa shape index (κ3) is 1.92. The lowest BCUT2D eigenvalue weighted by Gasteiger charge is -2.26. The molecule has 0 atom stereocenters. The van der Waals surface area contributed by atoms with Crippen molar-refractivity contribution in [3.8, 4) is 0 Å². The molecule has 0 fully saturated rings. The van der Waals surface area contributed by atoms with Crippen LogP contribution in [0, 0.1) is 0 Å². The Balaban J connectivity index is 1.55. The molecule has 19 heavy (non-hydrogen) atoms. The summed E-state index contributed by atoms with van der Waals surface area (Å²) >= 11 is 0. The van der Waals surface area contributed by atoms with E-state index in [0.717, 1.165) is 49.0 Å². The van der Waals surface area contributed by atoms with Gasteiger partial charge in [0, 0.05) is 25.5 Å². The number of imidazole rings is 1. The van der Waals surface area contributed by atoms with Crippen LogP contribution in [0.1, 0.15) is 11.7 Å². The Morgan fingerprint density at radius 2 is 2.16 bits per heavy atom. The maximum Gasteiger partial charge on any atom is 0.209 e. The number of aromatic nitrogens is 3. The Morgan fingerprint density at radius 1 is 1.21 bits per heavy atom. The summed E-state index contributed by atoms with van der Waals surface area (Å²) in [6.45, 7) is 3.57. The summed E-state index contributed by atoms with van der Waals surface area (Å²) in [6, 6.07) is 7.88. The highest BCUT2D eigenvalue weighted by molar-refractivity contribution is 5.72. The van der Waals surface area contributed by atoms with Crippen molar-refractivity contribution < 1.29 is 4.42 Å². The molecule has 1 aromatic carbocycles. The van der Waals surface area contributed by atoms with Crippen LogP contribution in [0.2, 0.25) is 0 Å². The van der Waals surface area contributed by atoms with E-state index in [0.29, 0.717) is 0 Å². The molecular formula is C14H14N4O. The minimum atomic E-state index is 0.738. The predicted octanol–water partition coefficient (Wildman–Crippen LogP) is 2.04. The maximum atomic E-state index is 5.76. The zero-order valence-corrected chi connectivity index (χ0v) is 10.5. The molecule has 0 spiro atoms. The van der Waals surface area contributed by atoms with Gasteiger partial charge in [-0.15, -0.1) is 0 Å². The van der Waals surface area contributed by atoms with E-state index in [2.05, 4.69) is 19.4 Å². The summed E-state index contributed by atoms with van der Waals surface area (Å²) in [5, 5.41) is 0. The van der Waals surface area contributed by atoms with Gasteiger partial charge in [-0.3, -0.25) is 4.90 Å². The van der Waals surface area contributed by atoms with Crippen LogP contribution in [-0.4, -0.2) is 26.0 Å². The van der Waals surface area contributed by atoms with Gasteiger partial charge >= 0.3 is 0 Å². The van der Waals surface area contributed by atoms with Gasteiger partial charge in [0.25, 0.3) is 0 Å². The second kappa shape index (κ2) is 4.20. The lowest BCUT2D eigenvalue weighted by molar-refractivity contribution is 0.192. The number of para-hydroxylation sites is 2. The first-order chi connectivity index (χ1) is 9.38. The van der Waals surface area contributed by atoms with Crippen molar-refractivity contribution in [2.75, 3.05) is 6.54 Å². The highest BCUT2D eigenvalue weighted by Crippen LogP contribution is 2.18. The van der Waals surface area contributed by atoms with E-state index in [1.807, 2.05) is 36.7 Å². The number of nitrogens with zero attached hydrogens (tertiary/aromatic N) is 4. The predicted molar refractivity (Wildman–Crippen MR) is 70.4 cm³/mol. The van der Waals surface area contributed by atoms with Crippen LogP contribution in [0.5, 0.6) is 0 Å². The number of fused-ring (bicyclic) bond motifs is 2. The van der Waals surface area contributed by atoms with Crippen LogP contribution in [-0.2, 0) is 19.6 Å². The Bertz CT molecular complexity index is 682. The van der Waals surface area contributed by atoms with Crippen molar-refractivity contribution in [3.05, 3.63) is 48.4 Å². The molecule has 3 heterocycles. The molecule has 3 aromatic rings. The number of rotatable bonds is 2. The Kier molecular flexibility index (Phi) is 2.38. The van der Waals surface area contributed by atoms with Gasteiger partial charge in [-0.1, -0.05) is 12.1 Å². The fourth-order valence-electron chi connectivity index (χ4n) is 2.54. The SMILES string of the molecule is c1ccc2oc(CN3CCn4ccnc4C3)nc2c1. The van der Waals surface area contributed by atoms with E-state index < -0.39 is 0 Å². The van der Waals surface area contributed by atoms with Gasteiger partial charge in [0.1, 0.15) is 11.3 Å². The molecule has 1 aliphatic heterocycles. The molecule has 0 bridgehead atoms. The first kappa shape index (κ1) is 10.8. The van der Waals surface area contributed by atoms with Crippen LogP contribution < -0.4 is 0 Å². The molecule has 0 aliphatic carbocycles. The molecule has 0 saturated heterocycles. The van der Waals surface area contributed by atoms with Crippen LogP contribution >= 0.6 is 0 Å². The quantitative estimate of drug-likeness (QED) is 0.702. The normalized spacial score (nSPS) is 15.8. The third-order valence-electron chi connectivity index (χ3n) is 3.52. The van der Waals surface area contributed by atoms with Crippen molar-refractivity contribution in [1.82, 2.24) is 19.4 Å². The molecule has 5 heteroatoms. The summed E-state index contributed by atoms with van der Waals surface area (Å²) in [7, 11) is 0. The standard InChI is InChI=1S/C14H14N4O/c1-2-4-12-11(3-1)16-14(19-12)10-17-7-8-18-6-5-15-13(18)9-17/h1-6H,7-10H2. The summed E-state index contributed by atoms with van der Waals surface area (Å²) in [4.78, 5) is 11.2. The van der Waals surface area contributed by atoms with E-state index in [1.165, 1.54) is 0 Å². The highest BCUT2D eigenvalue weighted by atomic mass is 16.3. The molecule has 0 N–H and O–H groups in total. The van der Waals surface area contributed by atoms with E-state index in [-0.39, 0.29) is 0 Å². The molecule has 0 saturated carbocycles. The minimum Gasteiger partial charge on any atom is -0.439 e. The summed E-state index contributed by atoms with van der Waals surface area (Å²) in [5.74, 6) is 1.89. The molecule has 2 aromatic heterocycles. The Labute approximate surface area is 110 Å². The fraction of sp³-hybridized carbons (Fsp3) is 0.286. The molecular weight excluding hydrogens is 240 g/mol. The van der Waals surface area contributed by atoms with E-state index in [1.54, 1.807) is 0 Å². The van der Waals surface area contributed by atoms with Gasteiger partial charge in [0.15, 0.2) is 5.58 Å². The monoisotopic (exact) mass is 254 g/mol. The first-order valence-electron chi connectivity index (χ1n) is 6.45. The first-order valence-corrected chi connectivity index (χ1v) is 6.45. The molecule has 96 valence electrons. The minimum absolute atomic E-state index is 0.738. The second-order valence-corrected chi connectivity index (χ2v) is 4.82. The summed E-state index contributed by atoms with van der Waals surface area (Å²) in [6.07, 6.45) is 3.89. The van der Waals surface area contributed by atoms with Crippen molar-refractivity contribution in [2.45, 2.75) is 19.6 Å². The highest BCUT2D eigenvalue weighted by Gasteiger charge is 2.18. The van der Waals surface area contributed by atoms with Crippen LogP contribution in [0.25, 0.3) is 11.1 Å². The lowest BCUT2D eigenvalue weighted by Crippen LogP contribution is -2.33. The zero-order valence-electron chi connectivity index (χ0n) is 10.5. The van der Waals surface area contributed by atoms with Crippen molar-refractivity contribution in [3.63, 3.8) is 0 Å². The van der Waals surface area contributed by atoms with Crippen molar-refractivity contribution in [2.24, 2.45) is 0 Å². The van der Waals surface area contributed by atoms with Gasteiger partial charge in [-0.05, 0) is 12.1 Å². The van der Waals surface area contributed by atoms with Crippen molar-refractivity contribution >= 4 is 11.1 Å². The smallest absolute Gasteiger partial charge is 0.209 e. The third-order valence-corrected chi connectivity index (χ3v) is 3.52. The average molecular weight is 254 g/mol. The number of benzene rings is 1.